The van der Waals surface area contributed by atoms with Crippen LogP contribution < -0.4 is 4.74 Å². The first-order valence-corrected chi connectivity index (χ1v) is 12.0. The number of amides is 1. The van der Waals surface area contributed by atoms with Gasteiger partial charge < -0.3 is 19.5 Å². The van der Waals surface area contributed by atoms with Gasteiger partial charge in [0.2, 0.25) is 10.0 Å². The molecule has 182 valence electrons. The second kappa shape index (κ2) is 10.4. The molecule has 0 bridgehead atoms. The van der Waals surface area contributed by atoms with Gasteiger partial charge >= 0.3 is 0 Å². The Morgan fingerprint density at radius 1 is 1.03 bits per heavy atom. The number of carbonyl (C=O) groups is 2. The summed E-state index contributed by atoms with van der Waals surface area (Å²) in [5, 5.41) is 11.1. The van der Waals surface area contributed by atoms with Crippen molar-refractivity contribution in [1.29, 1.82) is 0 Å². The summed E-state index contributed by atoms with van der Waals surface area (Å²) in [7, 11) is 2.27. The second-order valence-corrected chi connectivity index (χ2v) is 10.1. The van der Waals surface area contributed by atoms with Gasteiger partial charge in [0.25, 0.3) is 11.7 Å². The molecule has 0 spiro atoms. The first-order valence-electron chi connectivity index (χ1n) is 10.6. The fraction of sp³-hybridized carbons (Fsp3) is 0.333. The van der Waals surface area contributed by atoms with Gasteiger partial charge in [0, 0.05) is 39.9 Å². The van der Waals surface area contributed by atoms with E-state index in [1.807, 2.05) is 0 Å². The maximum absolute atomic E-state index is 13.0. The number of likely N-dealkylation sites (tertiary alicyclic amines) is 1. The number of aliphatic hydroxyl groups excluding tert-OH is 1. The number of ether oxygens (including phenoxy) is 2. The number of Topliss-reactive ketones (excluding diaryl/α,β-unsaturated/α-hetero) is 1. The van der Waals surface area contributed by atoms with Crippen molar-refractivity contribution < 1.29 is 32.6 Å². The average Bonchev–Trinajstić information content (AvgIpc) is 3.08. The van der Waals surface area contributed by atoms with Gasteiger partial charge in [0.15, 0.2) is 0 Å². The number of methoxy groups -OCH3 is 2. The molecule has 2 aromatic rings. The van der Waals surface area contributed by atoms with E-state index in [0.717, 1.165) is 4.31 Å². The molecule has 0 aromatic heterocycles. The van der Waals surface area contributed by atoms with Crippen molar-refractivity contribution in [2.75, 3.05) is 41.5 Å². The number of sulfonamides is 1. The molecule has 34 heavy (non-hydrogen) atoms. The molecule has 0 aliphatic carbocycles. The summed E-state index contributed by atoms with van der Waals surface area (Å²) in [5.74, 6) is -1.29. The van der Waals surface area contributed by atoms with E-state index in [1.54, 1.807) is 31.4 Å². The minimum absolute atomic E-state index is 0.0424. The number of ketones is 1. The summed E-state index contributed by atoms with van der Waals surface area (Å²) in [6.45, 7) is 0.659. The first-order chi connectivity index (χ1) is 16.1. The van der Waals surface area contributed by atoms with Crippen LogP contribution in [0.5, 0.6) is 5.75 Å². The van der Waals surface area contributed by atoms with Crippen LogP contribution in [0.4, 0.5) is 0 Å². The number of hydrogen-bond acceptors (Lipinski definition) is 7. The van der Waals surface area contributed by atoms with Crippen molar-refractivity contribution in [2.45, 2.75) is 17.4 Å². The minimum atomic E-state index is -3.66. The highest BCUT2D eigenvalue weighted by molar-refractivity contribution is 7.89. The van der Waals surface area contributed by atoms with Gasteiger partial charge in [-0.3, -0.25) is 9.59 Å². The number of carbonyl (C=O) groups excluding carboxylic acids is 2. The molecule has 1 N–H and O–H groups in total. The van der Waals surface area contributed by atoms with E-state index < -0.39 is 27.8 Å². The lowest BCUT2D eigenvalue weighted by molar-refractivity contribution is -0.140. The summed E-state index contributed by atoms with van der Waals surface area (Å²) in [4.78, 5) is 27.4. The molecule has 1 aliphatic rings. The zero-order valence-electron chi connectivity index (χ0n) is 19.5. The van der Waals surface area contributed by atoms with Crippen LogP contribution in [0.1, 0.15) is 23.6 Å². The number of benzene rings is 2. The Hall–Kier alpha value is -3.21. The molecular weight excluding hydrogens is 460 g/mol. The van der Waals surface area contributed by atoms with Crippen LogP contribution in [0.2, 0.25) is 0 Å². The molecule has 1 heterocycles. The van der Waals surface area contributed by atoms with Gasteiger partial charge in [-0.1, -0.05) is 12.1 Å². The zero-order chi connectivity index (χ0) is 25.0. The van der Waals surface area contributed by atoms with Crippen molar-refractivity contribution in [3.8, 4) is 5.75 Å². The molecule has 0 saturated carbocycles. The maximum atomic E-state index is 13.0. The molecule has 9 nitrogen and oxygen atoms in total. The van der Waals surface area contributed by atoms with Gasteiger partial charge in [0.1, 0.15) is 11.5 Å². The maximum Gasteiger partial charge on any atom is 0.295 e. The van der Waals surface area contributed by atoms with E-state index in [-0.39, 0.29) is 28.3 Å². The highest BCUT2D eigenvalue weighted by atomic mass is 32.2. The largest absolute Gasteiger partial charge is 0.507 e. The molecule has 1 saturated heterocycles. The molecule has 1 amide bonds. The Kier molecular flexibility index (Phi) is 7.75. The van der Waals surface area contributed by atoms with E-state index in [2.05, 4.69) is 0 Å². The van der Waals surface area contributed by atoms with Crippen LogP contribution in [0.3, 0.4) is 0 Å². The lowest BCUT2D eigenvalue weighted by atomic mass is 9.95. The fourth-order valence-electron chi connectivity index (χ4n) is 3.77. The third-order valence-electron chi connectivity index (χ3n) is 5.63. The molecule has 1 atom stereocenters. The van der Waals surface area contributed by atoms with Crippen molar-refractivity contribution in [3.05, 3.63) is 65.2 Å². The van der Waals surface area contributed by atoms with Crippen LogP contribution in [0, 0.1) is 0 Å². The fourth-order valence-corrected chi connectivity index (χ4v) is 4.68. The smallest absolute Gasteiger partial charge is 0.295 e. The molecule has 3 rings (SSSR count). The first kappa shape index (κ1) is 25.4. The topological polar surface area (TPSA) is 113 Å². The van der Waals surface area contributed by atoms with E-state index in [4.69, 9.17) is 9.47 Å². The normalized spacial score (nSPS) is 18.0. The molecular formula is C24H28N2O7S. The van der Waals surface area contributed by atoms with Gasteiger partial charge in [-0.15, -0.1) is 0 Å². The lowest BCUT2D eigenvalue weighted by Gasteiger charge is -2.25. The minimum Gasteiger partial charge on any atom is -0.507 e. The Balaban J connectivity index is 2.09. The van der Waals surface area contributed by atoms with Crippen molar-refractivity contribution in [2.24, 2.45) is 0 Å². The van der Waals surface area contributed by atoms with Crippen LogP contribution in [0.15, 0.2) is 59.0 Å². The zero-order valence-corrected chi connectivity index (χ0v) is 20.3. The van der Waals surface area contributed by atoms with Gasteiger partial charge in [0.05, 0.1) is 23.6 Å². The Morgan fingerprint density at radius 2 is 1.65 bits per heavy atom. The van der Waals surface area contributed by atoms with Crippen molar-refractivity contribution in [3.63, 3.8) is 0 Å². The molecule has 2 aromatic carbocycles. The summed E-state index contributed by atoms with van der Waals surface area (Å²) in [5.41, 5.74) is 0.799. The highest BCUT2D eigenvalue weighted by Gasteiger charge is 2.45. The summed E-state index contributed by atoms with van der Waals surface area (Å²) in [6.07, 6.45) is 0.507. The van der Waals surface area contributed by atoms with Gasteiger partial charge in [-0.25, -0.2) is 12.7 Å². The van der Waals surface area contributed by atoms with Crippen molar-refractivity contribution >= 4 is 27.5 Å². The van der Waals surface area contributed by atoms with Gasteiger partial charge in [-0.2, -0.15) is 0 Å². The summed E-state index contributed by atoms with van der Waals surface area (Å²) >= 11 is 0. The van der Waals surface area contributed by atoms with E-state index in [9.17, 15) is 23.1 Å². The van der Waals surface area contributed by atoms with Crippen LogP contribution in [-0.4, -0.2) is 75.9 Å². The number of hydrogen-bond donors (Lipinski definition) is 1. The van der Waals surface area contributed by atoms with Crippen LogP contribution in [0.25, 0.3) is 5.76 Å². The van der Waals surface area contributed by atoms with Crippen LogP contribution in [-0.2, 0) is 24.3 Å². The SMILES string of the molecule is COCCCN1C(=O)C(=O)/C(=C(/O)c2ccc(S(=O)(=O)N(C)C)cc2)C1c1ccc(OC)cc1. The predicted molar refractivity (Wildman–Crippen MR) is 126 cm³/mol. The van der Waals surface area contributed by atoms with Gasteiger partial charge in [-0.05, 0) is 48.4 Å². The third kappa shape index (κ3) is 4.84. The number of rotatable bonds is 9. The molecule has 10 heteroatoms. The van der Waals surface area contributed by atoms with Crippen molar-refractivity contribution in [1.82, 2.24) is 9.21 Å². The molecule has 1 aliphatic heterocycles. The summed E-state index contributed by atoms with van der Waals surface area (Å²) in [6, 6.07) is 11.6. The standard InChI is InChI=1S/C24H28N2O7S/c1-25(2)34(30,31)19-12-8-17(9-13-19)22(27)20-21(16-6-10-18(33-4)11-7-16)26(14-5-15-32-3)24(29)23(20)28/h6-13,21,27H,5,14-15H2,1-4H3/b22-20+. The highest BCUT2D eigenvalue weighted by Crippen LogP contribution is 2.40. The van der Waals surface area contributed by atoms with Crippen LogP contribution >= 0.6 is 0 Å². The third-order valence-corrected chi connectivity index (χ3v) is 7.45. The van der Waals surface area contributed by atoms with E-state index in [1.165, 1.54) is 50.4 Å². The lowest BCUT2D eigenvalue weighted by Crippen LogP contribution is -2.31. The van der Waals surface area contributed by atoms with E-state index >= 15 is 0 Å². The Labute approximate surface area is 199 Å². The molecule has 0 radical (unpaired) electrons. The summed E-state index contributed by atoms with van der Waals surface area (Å²) < 4.78 is 36.1. The monoisotopic (exact) mass is 488 g/mol. The second-order valence-electron chi connectivity index (χ2n) is 7.92. The Morgan fingerprint density at radius 3 is 2.18 bits per heavy atom. The number of nitrogens with zero attached hydrogens (tertiary/aromatic N) is 2. The van der Waals surface area contributed by atoms with E-state index in [0.29, 0.717) is 24.3 Å². The molecule has 1 fully saturated rings. The average molecular weight is 489 g/mol. The number of aliphatic hydroxyl groups is 1. The quantitative estimate of drug-likeness (QED) is 0.250. The molecule has 1 unspecified atom stereocenters. The Bertz CT molecular complexity index is 1190. The predicted octanol–water partition coefficient (Wildman–Crippen LogP) is 2.40.